The van der Waals surface area contributed by atoms with Crippen molar-refractivity contribution < 1.29 is 19.1 Å². The zero-order valence-corrected chi connectivity index (χ0v) is 10.3. The highest BCUT2D eigenvalue weighted by molar-refractivity contribution is 5.76. The molecule has 94 valence electrons. The predicted octanol–water partition coefficient (Wildman–Crippen LogP) is 2.45. The third kappa shape index (κ3) is 9.49. The molecule has 0 rings (SSSR count). The monoisotopic (exact) mass is 230 g/mol. The van der Waals surface area contributed by atoms with Crippen molar-refractivity contribution in [2.45, 2.75) is 52.4 Å². The molecule has 4 heteroatoms. The molecule has 0 aliphatic rings. The lowest BCUT2D eigenvalue weighted by atomic mass is 10.2. The quantitative estimate of drug-likeness (QED) is 0.451. The van der Waals surface area contributed by atoms with Crippen molar-refractivity contribution in [3.63, 3.8) is 0 Å². The molecule has 0 aromatic heterocycles. The lowest BCUT2D eigenvalue weighted by Gasteiger charge is -2.04. The molecule has 0 bridgehead atoms. The molecule has 0 heterocycles. The van der Waals surface area contributed by atoms with Crippen LogP contribution in [0, 0.1) is 0 Å². The van der Waals surface area contributed by atoms with Crippen LogP contribution in [0.1, 0.15) is 52.4 Å². The van der Waals surface area contributed by atoms with Crippen LogP contribution in [0.5, 0.6) is 0 Å². The molecule has 0 aliphatic carbocycles. The van der Waals surface area contributed by atoms with Gasteiger partial charge in [-0.3, -0.25) is 4.79 Å². The van der Waals surface area contributed by atoms with Crippen LogP contribution in [0.15, 0.2) is 0 Å². The second kappa shape index (κ2) is 10.5. The number of rotatable bonds is 9. The Morgan fingerprint density at radius 3 is 2.25 bits per heavy atom. The summed E-state index contributed by atoms with van der Waals surface area (Å²) in [4.78, 5) is 22.1. The van der Waals surface area contributed by atoms with E-state index in [1.54, 1.807) is 0 Å². The molecule has 0 atom stereocenters. The average Bonchev–Trinajstić information content (AvgIpc) is 2.29. The van der Waals surface area contributed by atoms with E-state index in [0.717, 1.165) is 32.1 Å². The van der Waals surface area contributed by atoms with Crippen molar-refractivity contribution >= 4 is 11.9 Å². The van der Waals surface area contributed by atoms with Crippen LogP contribution < -0.4 is 0 Å². The van der Waals surface area contributed by atoms with E-state index in [4.69, 9.17) is 9.47 Å². The van der Waals surface area contributed by atoms with E-state index in [9.17, 15) is 9.59 Å². The molecule has 0 aliphatic heterocycles. The second-order valence-electron chi connectivity index (χ2n) is 3.69. The van der Waals surface area contributed by atoms with Crippen molar-refractivity contribution in [1.82, 2.24) is 0 Å². The minimum atomic E-state index is -0.469. The molecule has 0 amide bonds. The zero-order chi connectivity index (χ0) is 12.2. The maximum Gasteiger partial charge on any atom is 0.344 e. The van der Waals surface area contributed by atoms with Crippen LogP contribution in [0.3, 0.4) is 0 Å². The third-order valence-electron chi connectivity index (χ3n) is 2.05. The summed E-state index contributed by atoms with van der Waals surface area (Å²) in [6, 6.07) is 0. The second-order valence-corrected chi connectivity index (χ2v) is 3.69. The van der Waals surface area contributed by atoms with E-state index in [-0.39, 0.29) is 12.6 Å². The summed E-state index contributed by atoms with van der Waals surface area (Å²) >= 11 is 0. The summed E-state index contributed by atoms with van der Waals surface area (Å²) < 4.78 is 9.54. The normalized spacial score (nSPS) is 9.88. The van der Waals surface area contributed by atoms with Gasteiger partial charge in [0.05, 0.1) is 6.61 Å². The van der Waals surface area contributed by atoms with Crippen molar-refractivity contribution in [3.05, 3.63) is 0 Å². The summed E-state index contributed by atoms with van der Waals surface area (Å²) in [5, 5.41) is 0. The smallest absolute Gasteiger partial charge is 0.344 e. The molecule has 0 fully saturated rings. The van der Waals surface area contributed by atoms with Crippen LogP contribution >= 0.6 is 0 Å². The fraction of sp³-hybridized carbons (Fsp3) is 0.833. The summed E-state index contributed by atoms with van der Waals surface area (Å²) in [5.74, 6) is -0.784. The van der Waals surface area contributed by atoms with E-state index in [1.165, 1.54) is 0 Å². The maximum absolute atomic E-state index is 11.2. The number of unbranched alkanes of at least 4 members (excludes halogenated alkanes) is 3. The standard InChI is InChI=1S/C12H22O4/c1-3-5-6-7-8-11(13)16-10-12(14)15-9-4-2/h3-10H2,1-2H3. The van der Waals surface area contributed by atoms with Gasteiger partial charge in [-0.05, 0) is 12.8 Å². The number of hydrogen-bond donors (Lipinski definition) is 0. The lowest BCUT2D eigenvalue weighted by molar-refractivity contribution is -0.158. The molecule has 0 N–H and O–H groups in total. The number of esters is 2. The summed E-state index contributed by atoms with van der Waals surface area (Å²) in [5.41, 5.74) is 0. The molecular formula is C12H22O4. The van der Waals surface area contributed by atoms with Gasteiger partial charge in [0, 0.05) is 6.42 Å². The van der Waals surface area contributed by atoms with Gasteiger partial charge in [-0.2, -0.15) is 0 Å². The predicted molar refractivity (Wildman–Crippen MR) is 61.0 cm³/mol. The Morgan fingerprint density at radius 2 is 1.62 bits per heavy atom. The highest BCUT2D eigenvalue weighted by Crippen LogP contribution is 2.03. The number of hydrogen-bond acceptors (Lipinski definition) is 4. The highest BCUT2D eigenvalue weighted by Gasteiger charge is 2.07. The molecule has 16 heavy (non-hydrogen) atoms. The molecule has 0 saturated heterocycles. The summed E-state index contributed by atoms with van der Waals surface area (Å²) in [6.07, 6.45) is 5.30. The molecule has 0 radical (unpaired) electrons. The van der Waals surface area contributed by atoms with Gasteiger partial charge in [-0.25, -0.2) is 4.79 Å². The molecular weight excluding hydrogens is 208 g/mol. The van der Waals surface area contributed by atoms with Crippen molar-refractivity contribution in [3.8, 4) is 0 Å². The Balaban J connectivity index is 3.38. The van der Waals surface area contributed by atoms with Crippen molar-refractivity contribution in [2.75, 3.05) is 13.2 Å². The third-order valence-corrected chi connectivity index (χ3v) is 2.05. The Kier molecular flexibility index (Phi) is 9.76. The molecule has 0 spiro atoms. The SMILES string of the molecule is CCCCCCC(=O)OCC(=O)OCCC. The highest BCUT2D eigenvalue weighted by atomic mass is 16.6. The fourth-order valence-corrected chi connectivity index (χ4v) is 1.17. The van der Waals surface area contributed by atoms with Gasteiger partial charge in [-0.15, -0.1) is 0 Å². The van der Waals surface area contributed by atoms with E-state index in [0.29, 0.717) is 13.0 Å². The van der Waals surface area contributed by atoms with E-state index in [2.05, 4.69) is 6.92 Å². The van der Waals surface area contributed by atoms with Gasteiger partial charge in [0.25, 0.3) is 0 Å². The van der Waals surface area contributed by atoms with Crippen LogP contribution in [0.25, 0.3) is 0 Å². The molecule has 4 nitrogen and oxygen atoms in total. The van der Waals surface area contributed by atoms with Crippen molar-refractivity contribution in [2.24, 2.45) is 0 Å². The van der Waals surface area contributed by atoms with Gasteiger partial charge in [-0.1, -0.05) is 33.1 Å². The topological polar surface area (TPSA) is 52.6 Å². The Labute approximate surface area is 97.3 Å². The van der Waals surface area contributed by atoms with Crippen molar-refractivity contribution in [1.29, 1.82) is 0 Å². The molecule has 0 aromatic rings. The Hall–Kier alpha value is -1.06. The van der Waals surface area contributed by atoms with Crippen LogP contribution in [0.4, 0.5) is 0 Å². The first kappa shape index (κ1) is 14.9. The van der Waals surface area contributed by atoms with E-state index in [1.807, 2.05) is 6.92 Å². The summed E-state index contributed by atoms with van der Waals surface area (Å²) in [7, 11) is 0. The Bertz CT molecular complexity index is 201. The maximum atomic E-state index is 11.2. The van der Waals surface area contributed by atoms with E-state index >= 15 is 0 Å². The minimum Gasteiger partial charge on any atom is -0.463 e. The molecule has 0 aromatic carbocycles. The number of carbonyl (C=O) groups excluding carboxylic acids is 2. The van der Waals surface area contributed by atoms with Gasteiger partial charge >= 0.3 is 11.9 Å². The largest absolute Gasteiger partial charge is 0.463 e. The molecule has 0 saturated carbocycles. The average molecular weight is 230 g/mol. The summed E-state index contributed by atoms with van der Waals surface area (Å²) in [6.45, 7) is 4.15. The van der Waals surface area contributed by atoms with Crippen LogP contribution in [0.2, 0.25) is 0 Å². The van der Waals surface area contributed by atoms with Crippen LogP contribution in [-0.2, 0) is 19.1 Å². The Morgan fingerprint density at radius 1 is 0.875 bits per heavy atom. The first-order valence-electron chi connectivity index (χ1n) is 6.02. The first-order chi connectivity index (χ1) is 7.70. The van der Waals surface area contributed by atoms with Gasteiger partial charge in [0.1, 0.15) is 0 Å². The van der Waals surface area contributed by atoms with Gasteiger partial charge < -0.3 is 9.47 Å². The van der Waals surface area contributed by atoms with Gasteiger partial charge in [0.2, 0.25) is 0 Å². The fourth-order valence-electron chi connectivity index (χ4n) is 1.17. The first-order valence-corrected chi connectivity index (χ1v) is 6.02. The lowest BCUT2D eigenvalue weighted by Crippen LogP contribution is -2.16. The number of carbonyl (C=O) groups is 2. The van der Waals surface area contributed by atoms with E-state index < -0.39 is 5.97 Å². The zero-order valence-electron chi connectivity index (χ0n) is 10.3. The molecule has 0 unspecified atom stereocenters. The van der Waals surface area contributed by atoms with Crippen LogP contribution in [-0.4, -0.2) is 25.2 Å². The minimum absolute atomic E-state index is 0.257. The van der Waals surface area contributed by atoms with Gasteiger partial charge in [0.15, 0.2) is 6.61 Å². The number of ether oxygens (including phenoxy) is 2.